The minimum atomic E-state index is -0.526. The summed E-state index contributed by atoms with van der Waals surface area (Å²) in [6.45, 7) is -0.104. The molecule has 8 nitrogen and oxygen atoms in total. The number of nitrogens with one attached hydrogen (secondary N) is 2. The first-order valence-corrected chi connectivity index (χ1v) is 8.31. The summed E-state index contributed by atoms with van der Waals surface area (Å²) in [5.74, 6) is -1.13. The van der Waals surface area contributed by atoms with Crippen LogP contribution in [0.4, 0.5) is 5.69 Å². The van der Waals surface area contributed by atoms with E-state index in [1.807, 2.05) is 6.07 Å². The van der Waals surface area contributed by atoms with Crippen molar-refractivity contribution in [2.45, 2.75) is 19.3 Å². The van der Waals surface area contributed by atoms with Gasteiger partial charge in [-0.15, -0.1) is 0 Å². The van der Waals surface area contributed by atoms with Gasteiger partial charge in [0.1, 0.15) is 0 Å². The van der Waals surface area contributed by atoms with E-state index in [4.69, 9.17) is 14.4 Å². The highest BCUT2D eigenvalue weighted by Crippen LogP contribution is 2.09. The highest BCUT2D eigenvalue weighted by Gasteiger charge is 2.10. The van der Waals surface area contributed by atoms with Gasteiger partial charge < -0.3 is 19.8 Å². The second-order valence-electron chi connectivity index (χ2n) is 5.58. The first-order valence-electron chi connectivity index (χ1n) is 8.31. The van der Waals surface area contributed by atoms with Crippen LogP contribution >= 0.6 is 0 Å². The maximum absolute atomic E-state index is 11.8. The van der Waals surface area contributed by atoms with Crippen LogP contribution in [-0.4, -0.2) is 30.9 Å². The average molecular weight is 369 g/mol. The Kier molecular flexibility index (Phi) is 7.60. The summed E-state index contributed by atoms with van der Waals surface area (Å²) in [6, 6.07) is 12.0. The fraction of sp³-hybridized carbons (Fsp3) is 0.263. The zero-order chi connectivity index (χ0) is 19.5. The predicted octanol–water partition coefficient (Wildman–Crippen LogP) is 2.04. The summed E-state index contributed by atoms with van der Waals surface area (Å²) in [7, 11) is 0. The third kappa shape index (κ3) is 7.04. The number of ether oxygens (including phenoxy) is 1. The summed E-state index contributed by atoms with van der Waals surface area (Å²) in [5.41, 5.74) is 1.40. The first-order chi connectivity index (χ1) is 13.1. The van der Waals surface area contributed by atoms with Gasteiger partial charge in [0.15, 0.2) is 12.4 Å². The van der Waals surface area contributed by atoms with Crippen molar-refractivity contribution in [3.05, 3.63) is 54.0 Å². The van der Waals surface area contributed by atoms with Crippen LogP contribution in [0.3, 0.4) is 0 Å². The quantitative estimate of drug-likeness (QED) is 0.515. The molecule has 1 aromatic heterocycles. The lowest BCUT2D eigenvalue weighted by molar-refractivity contribution is -0.147. The number of anilines is 1. The van der Waals surface area contributed by atoms with E-state index in [0.29, 0.717) is 18.5 Å². The Morgan fingerprint density at radius 3 is 2.59 bits per heavy atom. The molecule has 27 heavy (non-hydrogen) atoms. The van der Waals surface area contributed by atoms with Crippen LogP contribution in [-0.2, 0) is 20.7 Å². The molecule has 0 radical (unpaired) electrons. The average Bonchev–Trinajstić information content (AvgIpc) is 3.20. The van der Waals surface area contributed by atoms with E-state index in [2.05, 4.69) is 10.6 Å². The molecule has 0 unspecified atom stereocenters. The highest BCUT2D eigenvalue weighted by atomic mass is 16.5. The second-order valence-corrected chi connectivity index (χ2v) is 5.58. The fourth-order valence-corrected chi connectivity index (χ4v) is 2.14. The van der Waals surface area contributed by atoms with Crippen molar-refractivity contribution in [1.82, 2.24) is 5.32 Å². The molecule has 0 atom stereocenters. The Hall–Kier alpha value is -3.60. The van der Waals surface area contributed by atoms with Crippen molar-refractivity contribution < 1.29 is 23.5 Å². The summed E-state index contributed by atoms with van der Waals surface area (Å²) < 4.78 is 9.84. The third-order valence-electron chi connectivity index (χ3n) is 3.47. The number of amides is 2. The van der Waals surface area contributed by atoms with E-state index in [-0.39, 0.29) is 24.6 Å². The minimum Gasteiger partial charge on any atom is -0.459 e. The van der Waals surface area contributed by atoms with Gasteiger partial charge in [0.25, 0.3) is 11.8 Å². The molecule has 2 rings (SSSR count). The molecule has 2 amide bonds. The van der Waals surface area contributed by atoms with Crippen LogP contribution in [0.15, 0.2) is 47.1 Å². The topological polar surface area (TPSA) is 121 Å². The van der Waals surface area contributed by atoms with Gasteiger partial charge in [-0.25, -0.2) is 0 Å². The Balaban J connectivity index is 1.59. The molecule has 0 aliphatic rings. The molecule has 0 bridgehead atoms. The van der Waals surface area contributed by atoms with Crippen molar-refractivity contribution in [1.29, 1.82) is 5.26 Å². The minimum absolute atomic E-state index is 0.0779. The standard InChI is InChI=1S/C19H19N3O5/c20-10-9-14-5-7-15(8-6-14)22-17(23)13-27-18(24)4-1-11-21-19(25)16-3-2-12-26-16/h2-3,5-8,12H,1,4,9,11,13H2,(H,21,25)(H,22,23). The molecule has 0 fully saturated rings. The summed E-state index contributed by atoms with van der Waals surface area (Å²) in [4.78, 5) is 35.0. The molecule has 0 aliphatic heterocycles. The van der Waals surface area contributed by atoms with Crippen LogP contribution in [0.1, 0.15) is 29.0 Å². The maximum Gasteiger partial charge on any atom is 0.306 e. The Morgan fingerprint density at radius 1 is 1.15 bits per heavy atom. The zero-order valence-corrected chi connectivity index (χ0v) is 14.6. The number of rotatable bonds is 9. The van der Waals surface area contributed by atoms with Crippen molar-refractivity contribution in [2.24, 2.45) is 0 Å². The Bertz CT molecular complexity index is 807. The van der Waals surface area contributed by atoms with Gasteiger partial charge in [-0.05, 0) is 36.2 Å². The summed E-state index contributed by atoms with van der Waals surface area (Å²) in [6.07, 6.45) is 2.16. The van der Waals surface area contributed by atoms with E-state index in [9.17, 15) is 14.4 Å². The SMILES string of the molecule is N#CCc1ccc(NC(=O)COC(=O)CCCNC(=O)c2ccco2)cc1. The van der Waals surface area contributed by atoms with E-state index in [1.165, 1.54) is 6.26 Å². The zero-order valence-electron chi connectivity index (χ0n) is 14.6. The maximum atomic E-state index is 11.8. The second kappa shape index (κ2) is 10.4. The van der Waals surface area contributed by atoms with Gasteiger partial charge in [0.05, 0.1) is 18.8 Å². The molecule has 140 valence electrons. The van der Waals surface area contributed by atoms with Gasteiger partial charge in [-0.3, -0.25) is 14.4 Å². The van der Waals surface area contributed by atoms with Gasteiger partial charge >= 0.3 is 5.97 Å². The van der Waals surface area contributed by atoms with E-state index >= 15 is 0 Å². The van der Waals surface area contributed by atoms with Crippen molar-refractivity contribution in [3.8, 4) is 6.07 Å². The lowest BCUT2D eigenvalue weighted by atomic mass is 10.1. The predicted molar refractivity (Wildman–Crippen MR) is 95.6 cm³/mol. The molecule has 1 aromatic carbocycles. The fourth-order valence-electron chi connectivity index (χ4n) is 2.14. The molecule has 0 saturated carbocycles. The monoisotopic (exact) mass is 369 g/mol. The number of esters is 1. The van der Waals surface area contributed by atoms with Crippen molar-refractivity contribution in [3.63, 3.8) is 0 Å². The molecule has 1 heterocycles. The summed E-state index contributed by atoms with van der Waals surface area (Å²) in [5, 5.41) is 13.8. The smallest absolute Gasteiger partial charge is 0.306 e. The van der Waals surface area contributed by atoms with Crippen LogP contribution in [0, 0.1) is 11.3 Å². The molecule has 2 N–H and O–H groups in total. The lowest BCUT2D eigenvalue weighted by Crippen LogP contribution is -2.25. The summed E-state index contributed by atoms with van der Waals surface area (Å²) >= 11 is 0. The number of hydrogen-bond donors (Lipinski definition) is 2. The Morgan fingerprint density at radius 2 is 1.93 bits per heavy atom. The van der Waals surface area contributed by atoms with E-state index in [0.717, 1.165) is 5.56 Å². The molecule has 8 heteroatoms. The number of nitrogens with zero attached hydrogens (tertiary/aromatic N) is 1. The Labute approximate surface area is 156 Å². The van der Waals surface area contributed by atoms with Crippen molar-refractivity contribution in [2.75, 3.05) is 18.5 Å². The largest absolute Gasteiger partial charge is 0.459 e. The number of furan rings is 1. The van der Waals surface area contributed by atoms with Crippen LogP contribution in [0.5, 0.6) is 0 Å². The van der Waals surface area contributed by atoms with Crippen LogP contribution in [0.2, 0.25) is 0 Å². The van der Waals surface area contributed by atoms with E-state index < -0.39 is 18.5 Å². The van der Waals surface area contributed by atoms with E-state index in [1.54, 1.807) is 36.4 Å². The number of carbonyl (C=O) groups is 3. The van der Waals surface area contributed by atoms with Gasteiger partial charge in [-0.1, -0.05) is 12.1 Å². The van der Waals surface area contributed by atoms with Crippen LogP contribution < -0.4 is 10.6 Å². The number of hydrogen-bond acceptors (Lipinski definition) is 6. The first kappa shape index (κ1) is 19.7. The van der Waals surface area contributed by atoms with Gasteiger partial charge in [-0.2, -0.15) is 5.26 Å². The molecular weight excluding hydrogens is 350 g/mol. The number of nitriles is 1. The molecule has 0 spiro atoms. The normalized spacial score (nSPS) is 9.89. The van der Waals surface area contributed by atoms with Crippen LogP contribution in [0.25, 0.3) is 0 Å². The van der Waals surface area contributed by atoms with Gasteiger partial charge in [0.2, 0.25) is 0 Å². The molecular formula is C19H19N3O5. The van der Waals surface area contributed by atoms with Crippen molar-refractivity contribution >= 4 is 23.5 Å². The highest BCUT2D eigenvalue weighted by molar-refractivity contribution is 5.93. The number of carbonyl (C=O) groups excluding carboxylic acids is 3. The molecule has 0 saturated heterocycles. The molecule has 2 aromatic rings. The third-order valence-corrected chi connectivity index (χ3v) is 3.47. The lowest BCUT2D eigenvalue weighted by Gasteiger charge is -2.07. The number of benzene rings is 1. The molecule has 0 aliphatic carbocycles. The van der Waals surface area contributed by atoms with Gasteiger partial charge in [0, 0.05) is 18.7 Å².